The van der Waals surface area contributed by atoms with Gasteiger partial charge in [-0.3, -0.25) is 5.10 Å². The molecular weight excluding hydrogens is 176 g/mol. The molecule has 0 aliphatic heterocycles. The topological polar surface area (TPSA) is 37.9 Å². The number of H-pyrrole nitrogens is 1. The van der Waals surface area contributed by atoms with Crippen LogP contribution in [0, 0.1) is 19.8 Å². The molecule has 1 aliphatic rings. The number of rotatable bonds is 2. The standard InChI is InChI=1S/C11H18N2O/c1-7-4-5-10(6-7)14-11-8(2)12-13-9(11)3/h7,10H,4-6H2,1-3H3,(H,12,13). The molecule has 1 aromatic rings. The number of aryl methyl sites for hydroxylation is 2. The second-order valence-corrected chi connectivity index (χ2v) is 4.42. The van der Waals surface area contributed by atoms with Crippen LogP contribution in [0.25, 0.3) is 0 Å². The molecule has 3 heteroatoms. The van der Waals surface area contributed by atoms with Crippen LogP contribution < -0.4 is 4.74 Å². The van der Waals surface area contributed by atoms with Gasteiger partial charge >= 0.3 is 0 Å². The maximum absolute atomic E-state index is 5.95. The molecule has 0 bridgehead atoms. The first kappa shape index (κ1) is 9.56. The first-order valence-electron chi connectivity index (χ1n) is 5.35. The van der Waals surface area contributed by atoms with Crippen LogP contribution in [0.2, 0.25) is 0 Å². The highest BCUT2D eigenvalue weighted by Gasteiger charge is 2.24. The van der Waals surface area contributed by atoms with E-state index in [1.807, 2.05) is 13.8 Å². The highest BCUT2D eigenvalue weighted by atomic mass is 16.5. The third-order valence-electron chi connectivity index (χ3n) is 2.99. The van der Waals surface area contributed by atoms with E-state index in [0.717, 1.165) is 23.1 Å². The number of hydrogen-bond donors (Lipinski definition) is 1. The van der Waals surface area contributed by atoms with Crippen LogP contribution in [0.3, 0.4) is 0 Å². The number of nitrogens with zero attached hydrogens (tertiary/aromatic N) is 1. The van der Waals surface area contributed by atoms with Gasteiger partial charge in [0.15, 0.2) is 5.75 Å². The van der Waals surface area contributed by atoms with Crippen LogP contribution in [0.5, 0.6) is 5.75 Å². The summed E-state index contributed by atoms with van der Waals surface area (Å²) in [6.07, 6.45) is 4.07. The Balaban J connectivity index is 2.04. The Kier molecular flexibility index (Phi) is 2.48. The Morgan fingerprint density at radius 2 is 2.14 bits per heavy atom. The highest BCUT2D eigenvalue weighted by molar-refractivity contribution is 5.30. The molecule has 0 saturated heterocycles. The zero-order chi connectivity index (χ0) is 10.1. The molecule has 3 nitrogen and oxygen atoms in total. The molecule has 2 rings (SSSR count). The summed E-state index contributed by atoms with van der Waals surface area (Å²) in [6, 6.07) is 0. The average Bonchev–Trinajstić information content (AvgIpc) is 2.67. The van der Waals surface area contributed by atoms with Crippen molar-refractivity contribution in [3.05, 3.63) is 11.4 Å². The lowest BCUT2D eigenvalue weighted by molar-refractivity contribution is 0.203. The maximum Gasteiger partial charge on any atom is 0.163 e. The molecule has 2 atom stereocenters. The Hall–Kier alpha value is -0.990. The van der Waals surface area contributed by atoms with Crippen molar-refractivity contribution < 1.29 is 4.74 Å². The molecular formula is C11H18N2O. The third-order valence-corrected chi connectivity index (χ3v) is 2.99. The molecule has 0 spiro atoms. The van der Waals surface area contributed by atoms with E-state index in [1.165, 1.54) is 19.3 Å². The van der Waals surface area contributed by atoms with Crippen molar-refractivity contribution in [3.8, 4) is 5.75 Å². The number of nitrogens with one attached hydrogen (secondary N) is 1. The molecule has 1 fully saturated rings. The van der Waals surface area contributed by atoms with Crippen LogP contribution in [-0.4, -0.2) is 16.3 Å². The highest BCUT2D eigenvalue weighted by Crippen LogP contribution is 2.30. The first-order chi connectivity index (χ1) is 6.66. The Morgan fingerprint density at radius 3 is 2.64 bits per heavy atom. The van der Waals surface area contributed by atoms with Gasteiger partial charge in [-0.15, -0.1) is 0 Å². The first-order valence-corrected chi connectivity index (χ1v) is 5.35. The summed E-state index contributed by atoms with van der Waals surface area (Å²) in [5.41, 5.74) is 2.02. The van der Waals surface area contributed by atoms with Crippen molar-refractivity contribution in [2.24, 2.45) is 5.92 Å². The lowest BCUT2D eigenvalue weighted by Gasteiger charge is -2.13. The monoisotopic (exact) mass is 194 g/mol. The van der Waals surface area contributed by atoms with Crippen molar-refractivity contribution in [3.63, 3.8) is 0 Å². The molecule has 0 aromatic carbocycles. The summed E-state index contributed by atoms with van der Waals surface area (Å²) >= 11 is 0. The van der Waals surface area contributed by atoms with Crippen LogP contribution in [0.4, 0.5) is 0 Å². The number of aromatic amines is 1. The minimum Gasteiger partial charge on any atom is -0.487 e. The predicted octanol–water partition coefficient (Wildman–Crippen LogP) is 2.59. The van der Waals surface area contributed by atoms with Gasteiger partial charge in [-0.05, 0) is 39.0 Å². The van der Waals surface area contributed by atoms with Gasteiger partial charge in [-0.1, -0.05) is 6.92 Å². The fourth-order valence-corrected chi connectivity index (χ4v) is 2.14. The molecule has 1 aliphatic carbocycles. The molecule has 1 N–H and O–H groups in total. The zero-order valence-corrected chi connectivity index (χ0v) is 9.13. The Morgan fingerprint density at radius 1 is 1.36 bits per heavy atom. The molecule has 78 valence electrons. The lowest BCUT2D eigenvalue weighted by Crippen LogP contribution is -2.12. The largest absolute Gasteiger partial charge is 0.487 e. The van der Waals surface area contributed by atoms with E-state index in [9.17, 15) is 0 Å². The van der Waals surface area contributed by atoms with Gasteiger partial charge in [-0.25, -0.2) is 0 Å². The predicted molar refractivity (Wildman–Crippen MR) is 55.5 cm³/mol. The molecule has 1 aromatic heterocycles. The van der Waals surface area contributed by atoms with E-state index in [2.05, 4.69) is 17.1 Å². The second-order valence-electron chi connectivity index (χ2n) is 4.42. The summed E-state index contributed by atoms with van der Waals surface area (Å²) < 4.78 is 5.95. The Labute approximate surface area is 84.9 Å². The number of hydrogen-bond acceptors (Lipinski definition) is 2. The van der Waals surface area contributed by atoms with Crippen molar-refractivity contribution in [2.45, 2.75) is 46.1 Å². The van der Waals surface area contributed by atoms with E-state index in [0.29, 0.717) is 6.10 Å². The second kappa shape index (κ2) is 3.64. The molecule has 1 heterocycles. The fraction of sp³-hybridized carbons (Fsp3) is 0.727. The van der Waals surface area contributed by atoms with Gasteiger partial charge in [0.25, 0.3) is 0 Å². The Bertz CT molecular complexity index is 300. The normalized spacial score (nSPS) is 26.8. The van der Waals surface area contributed by atoms with Crippen molar-refractivity contribution >= 4 is 0 Å². The number of ether oxygens (including phenoxy) is 1. The third kappa shape index (κ3) is 1.76. The summed E-state index contributed by atoms with van der Waals surface area (Å²) in [5, 5.41) is 7.07. The van der Waals surface area contributed by atoms with Crippen LogP contribution >= 0.6 is 0 Å². The summed E-state index contributed by atoms with van der Waals surface area (Å²) in [7, 11) is 0. The van der Waals surface area contributed by atoms with E-state index >= 15 is 0 Å². The summed E-state index contributed by atoms with van der Waals surface area (Å²) in [4.78, 5) is 0. The van der Waals surface area contributed by atoms with Crippen LogP contribution in [0.1, 0.15) is 37.6 Å². The van der Waals surface area contributed by atoms with E-state index in [-0.39, 0.29) is 0 Å². The van der Waals surface area contributed by atoms with E-state index < -0.39 is 0 Å². The molecule has 0 amide bonds. The van der Waals surface area contributed by atoms with Crippen molar-refractivity contribution in [1.82, 2.24) is 10.2 Å². The maximum atomic E-state index is 5.95. The van der Waals surface area contributed by atoms with Crippen molar-refractivity contribution in [1.29, 1.82) is 0 Å². The average molecular weight is 194 g/mol. The van der Waals surface area contributed by atoms with Gasteiger partial charge in [0, 0.05) is 0 Å². The van der Waals surface area contributed by atoms with Crippen LogP contribution in [-0.2, 0) is 0 Å². The molecule has 14 heavy (non-hydrogen) atoms. The molecule has 0 radical (unpaired) electrons. The smallest absolute Gasteiger partial charge is 0.163 e. The van der Waals surface area contributed by atoms with Crippen molar-refractivity contribution in [2.75, 3.05) is 0 Å². The minimum absolute atomic E-state index is 0.403. The lowest BCUT2D eigenvalue weighted by atomic mass is 10.1. The SMILES string of the molecule is Cc1n[nH]c(C)c1OC1CCC(C)C1. The molecule has 1 saturated carbocycles. The zero-order valence-electron chi connectivity index (χ0n) is 9.13. The van der Waals surface area contributed by atoms with Crippen LogP contribution in [0.15, 0.2) is 0 Å². The summed E-state index contributed by atoms with van der Waals surface area (Å²) in [6.45, 7) is 6.28. The van der Waals surface area contributed by atoms with Gasteiger partial charge in [-0.2, -0.15) is 5.10 Å². The van der Waals surface area contributed by atoms with E-state index in [1.54, 1.807) is 0 Å². The quantitative estimate of drug-likeness (QED) is 0.785. The van der Waals surface area contributed by atoms with E-state index in [4.69, 9.17) is 4.74 Å². The van der Waals surface area contributed by atoms with Gasteiger partial charge in [0.05, 0.1) is 11.8 Å². The fourth-order valence-electron chi connectivity index (χ4n) is 2.14. The number of aromatic nitrogens is 2. The van der Waals surface area contributed by atoms with Gasteiger partial charge in [0.1, 0.15) is 5.69 Å². The summed E-state index contributed by atoms with van der Waals surface area (Å²) in [5.74, 6) is 1.77. The minimum atomic E-state index is 0.403. The van der Waals surface area contributed by atoms with Gasteiger partial charge < -0.3 is 4.74 Å². The molecule has 2 unspecified atom stereocenters. The van der Waals surface area contributed by atoms with Gasteiger partial charge in [0.2, 0.25) is 0 Å².